The molecule has 6 heteroatoms. The van der Waals surface area contributed by atoms with E-state index in [1.165, 1.54) is 12.1 Å². The van der Waals surface area contributed by atoms with Gasteiger partial charge in [-0.3, -0.25) is 4.90 Å². The summed E-state index contributed by atoms with van der Waals surface area (Å²) >= 11 is 0. The van der Waals surface area contributed by atoms with Gasteiger partial charge in [-0.15, -0.1) is 0 Å². The normalized spacial score (nSPS) is 12.7. The highest BCUT2D eigenvalue weighted by Gasteiger charge is 2.16. The fourth-order valence-corrected chi connectivity index (χ4v) is 3.52. The Labute approximate surface area is 177 Å². The van der Waals surface area contributed by atoms with Crippen LogP contribution in [0.5, 0.6) is 0 Å². The third-order valence-corrected chi connectivity index (χ3v) is 4.80. The van der Waals surface area contributed by atoms with Gasteiger partial charge in [0.25, 0.3) is 0 Å². The van der Waals surface area contributed by atoms with Crippen LogP contribution in [-0.2, 0) is 24.4 Å². The smallest absolute Gasteiger partial charge is 0.129 e. The third kappa shape index (κ3) is 7.13. The minimum atomic E-state index is -0.584. The van der Waals surface area contributed by atoms with Crippen LogP contribution in [0.25, 0.3) is 0 Å². The van der Waals surface area contributed by atoms with Crippen molar-refractivity contribution in [1.29, 1.82) is 0 Å². The van der Waals surface area contributed by atoms with Crippen LogP contribution in [0.3, 0.4) is 0 Å². The maximum absolute atomic E-state index is 13.2. The summed E-state index contributed by atoms with van der Waals surface area (Å²) in [5.74, 6) is 0.999. The van der Waals surface area contributed by atoms with E-state index in [4.69, 9.17) is 9.15 Å². The number of benzene rings is 1. The molecule has 2 heterocycles. The minimum absolute atomic E-state index is 0.224. The van der Waals surface area contributed by atoms with Gasteiger partial charge in [0.1, 0.15) is 18.2 Å². The number of rotatable bonds is 12. The lowest BCUT2D eigenvalue weighted by molar-refractivity contribution is 0.00193. The first-order valence-electron chi connectivity index (χ1n) is 10.4. The van der Waals surface area contributed by atoms with Gasteiger partial charge in [-0.2, -0.15) is 0 Å². The van der Waals surface area contributed by atoms with Gasteiger partial charge in [0.2, 0.25) is 0 Å². The van der Waals surface area contributed by atoms with E-state index in [1.54, 1.807) is 6.26 Å². The van der Waals surface area contributed by atoms with Crippen LogP contribution < -0.4 is 0 Å². The second-order valence-electron chi connectivity index (χ2n) is 8.09. The number of hydrogen-bond donors (Lipinski definition) is 1. The van der Waals surface area contributed by atoms with E-state index < -0.39 is 6.10 Å². The molecule has 162 valence electrons. The molecule has 1 N–H and O–H groups in total. The summed E-state index contributed by atoms with van der Waals surface area (Å²) in [5.41, 5.74) is 2.21. The number of aromatic nitrogens is 1. The molecule has 5 nitrogen and oxygen atoms in total. The SMILES string of the molecule is CC(C)CN(Cc1cccn1Cc1ccc(F)cc1)CC(O)COCc1ccco1. The van der Waals surface area contributed by atoms with Crippen LogP contribution in [0.2, 0.25) is 0 Å². The highest BCUT2D eigenvalue weighted by Crippen LogP contribution is 2.13. The van der Waals surface area contributed by atoms with E-state index >= 15 is 0 Å². The number of furan rings is 1. The summed E-state index contributed by atoms with van der Waals surface area (Å²) in [6, 6.07) is 14.4. The molecule has 0 spiro atoms. The molecule has 1 unspecified atom stereocenters. The topological polar surface area (TPSA) is 50.8 Å². The van der Waals surface area contributed by atoms with Crippen LogP contribution in [0.1, 0.15) is 30.9 Å². The fraction of sp³-hybridized carbons (Fsp3) is 0.417. The van der Waals surface area contributed by atoms with Crippen molar-refractivity contribution in [3.8, 4) is 0 Å². The van der Waals surface area contributed by atoms with Gasteiger partial charge in [0.05, 0.1) is 19.0 Å². The molecule has 3 rings (SSSR count). The zero-order valence-electron chi connectivity index (χ0n) is 17.7. The number of hydrogen-bond acceptors (Lipinski definition) is 4. The number of aliphatic hydroxyl groups excluding tert-OH is 1. The number of nitrogens with zero attached hydrogens (tertiary/aromatic N) is 2. The Hall–Kier alpha value is -2.41. The van der Waals surface area contributed by atoms with Crippen molar-refractivity contribution in [3.63, 3.8) is 0 Å². The van der Waals surface area contributed by atoms with E-state index in [0.29, 0.717) is 25.6 Å². The molecule has 30 heavy (non-hydrogen) atoms. The van der Waals surface area contributed by atoms with Gasteiger partial charge < -0.3 is 18.8 Å². The Kier molecular flexibility index (Phi) is 8.25. The van der Waals surface area contributed by atoms with E-state index in [1.807, 2.05) is 36.5 Å². The molecule has 0 saturated heterocycles. The Morgan fingerprint density at radius 1 is 1.10 bits per heavy atom. The molecule has 1 aromatic carbocycles. The Balaban J connectivity index is 1.56. The van der Waals surface area contributed by atoms with Crippen molar-refractivity contribution in [2.75, 3.05) is 19.7 Å². The van der Waals surface area contributed by atoms with Crippen molar-refractivity contribution in [2.24, 2.45) is 5.92 Å². The van der Waals surface area contributed by atoms with Crippen LogP contribution in [0.15, 0.2) is 65.4 Å². The standard InChI is InChI=1S/C24H31FN2O3/c1-19(2)13-26(16-23(28)17-29-18-24-6-4-12-30-24)15-22-5-3-11-27(22)14-20-7-9-21(25)10-8-20/h3-12,19,23,28H,13-18H2,1-2H3. The van der Waals surface area contributed by atoms with Crippen molar-refractivity contribution in [1.82, 2.24) is 9.47 Å². The molecule has 0 fully saturated rings. The molecular formula is C24H31FN2O3. The molecule has 3 aromatic rings. The summed E-state index contributed by atoms with van der Waals surface area (Å²) in [7, 11) is 0. The molecule has 0 radical (unpaired) electrons. The monoisotopic (exact) mass is 414 g/mol. The second-order valence-corrected chi connectivity index (χ2v) is 8.09. The minimum Gasteiger partial charge on any atom is -0.467 e. The van der Waals surface area contributed by atoms with Crippen LogP contribution in [0.4, 0.5) is 4.39 Å². The summed E-state index contributed by atoms with van der Waals surface area (Å²) in [6.45, 7) is 7.76. The van der Waals surface area contributed by atoms with Crippen molar-refractivity contribution >= 4 is 0 Å². The van der Waals surface area contributed by atoms with Gasteiger partial charge in [-0.1, -0.05) is 26.0 Å². The first kappa shape index (κ1) is 22.3. The molecule has 0 aliphatic carbocycles. The number of halogens is 1. The lowest BCUT2D eigenvalue weighted by Gasteiger charge is -2.27. The number of ether oxygens (including phenoxy) is 1. The van der Waals surface area contributed by atoms with Gasteiger partial charge in [-0.05, 0) is 47.9 Å². The zero-order valence-corrected chi connectivity index (χ0v) is 17.7. The summed E-state index contributed by atoms with van der Waals surface area (Å²) in [4.78, 5) is 2.25. The first-order valence-corrected chi connectivity index (χ1v) is 10.4. The maximum Gasteiger partial charge on any atom is 0.129 e. The Morgan fingerprint density at radius 2 is 1.90 bits per heavy atom. The zero-order chi connectivity index (χ0) is 21.3. The maximum atomic E-state index is 13.2. The Morgan fingerprint density at radius 3 is 2.60 bits per heavy atom. The molecule has 0 aliphatic heterocycles. The highest BCUT2D eigenvalue weighted by molar-refractivity contribution is 5.18. The second kappa shape index (κ2) is 11.1. The largest absolute Gasteiger partial charge is 0.467 e. The van der Waals surface area contributed by atoms with Gasteiger partial charge in [-0.25, -0.2) is 4.39 Å². The van der Waals surface area contributed by atoms with Crippen molar-refractivity contribution < 1.29 is 18.7 Å². The summed E-state index contributed by atoms with van der Waals surface area (Å²) in [5, 5.41) is 10.5. The molecule has 1 atom stereocenters. The van der Waals surface area contributed by atoms with Gasteiger partial charge >= 0.3 is 0 Å². The van der Waals surface area contributed by atoms with Crippen LogP contribution in [-0.4, -0.2) is 40.4 Å². The van der Waals surface area contributed by atoms with E-state index in [-0.39, 0.29) is 12.4 Å². The lowest BCUT2D eigenvalue weighted by atomic mass is 10.2. The van der Waals surface area contributed by atoms with Crippen LogP contribution >= 0.6 is 0 Å². The average molecular weight is 415 g/mol. The van der Waals surface area contributed by atoms with E-state index in [2.05, 4.69) is 29.4 Å². The molecule has 2 aromatic heterocycles. The molecule has 0 aliphatic rings. The molecule has 0 saturated carbocycles. The van der Waals surface area contributed by atoms with Crippen molar-refractivity contribution in [2.45, 2.75) is 39.6 Å². The molecular weight excluding hydrogens is 383 g/mol. The van der Waals surface area contributed by atoms with Gasteiger partial charge in [0.15, 0.2) is 0 Å². The van der Waals surface area contributed by atoms with E-state index in [9.17, 15) is 9.50 Å². The summed E-state index contributed by atoms with van der Waals surface area (Å²) in [6.07, 6.45) is 3.06. The van der Waals surface area contributed by atoms with Crippen molar-refractivity contribution in [3.05, 3.63) is 83.8 Å². The van der Waals surface area contributed by atoms with Crippen LogP contribution in [0, 0.1) is 11.7 Å². The highest BCUT2D eigenvalue weighted by atomic mass is 19.1. The average Bonchev–Trinajstić information content (AvgIpc) is 3.35. The first-order chi connectivity index (χ1) is 14.5. The van der Waals surface area contributed by atoms with E-state index in [0.717, 1.165) is 30.1 Å². The molecule has 0 bridgehead atoms. The Bertz CT molecular complexity index is 859. The fourth-order valence-electron chi connectivity index (χ4n) is 3.52. The predicted molar refractivity (Wildman–Crippen MR) is 114 cm³/mol. The number of aliphatic hydroxyl groups is 1. The third-order valence-electron chi connectivity index (χ3n) is 4.80. The van der Waals surface area contributed by atoms with Gasteiger partial charge in [0, 0.05) is 38.1 Å². The predicted octanol–water partition coefficient (Wildman–Crippen LogP) is 4.30. The summed E-state index contributed by atoms with van der Waals surface area (Å²) < 4.78 is 26.2. The lowest BCUT2D eigenvalue weighted by Crippen LogP contribution is -2.37. The molecule has 0 amide bonds. The quantitative estimate of drug-likeness (QED) is 0.480.